The quantitative estimate of drug-likeness (QED) is 0.192. The van der Waals surface area contributed by atoms with Crippen molar-refractivity contribution in [3.05, 3.63) is 87.9 Å². The van der Waals surface area contributed by atoms with E-state index in [-0.39, 0.29) is 11.6 Å². The van der Waals surface area contributed by atoms with Crippen LogP contribution in [0.2, 0.25) is 0 Å². The third kappa shape index (κ3) is 8.85. The van der Waals surface area contributed by atoms with Crippen molar-refractivity contribution in [3.63, 3.8) is 0 Å². The van der Waals surface area contributed by atoms with Gasteiger partial charge in [0, 0.05) is 43.6 Å². The second kappa shape index (κ2) is 15.9. The van der Waals surface area contributed by atoms with E-state index >= 15 is 0 Å². The smallest absolute Gasteiger partial charge is 0.198 e. The molecule has 5 rings (SSSR count). The third-order valence-electron chi connectivity index (χ3n) is 10.3. The number of para-hydroxylation sites is 1. The first-order chi connectivity index (χ1) is 22.2. The van der Waals surface area contributed by atoms with E-state index in [2.05, 4.69) is 42.2 Å². The van der Waals surface area contributed by atoms with Crippen LogP contribution in [-0.4, -0.2) is 36.5 Å². The van der Waals surface area contributed by atoms with E-state index in [0.717, 1.165) is 81.3 Å². The summed E-state index contributed by atoms with van der Waals surface area (Å²) in [7, 11) is 0. The molecule has 2 aromatic carbocycles. The Labute approximate surface area is 275 Å². The van der Waals surface area contributed by atoms with Crippen molar-refractivity contribution in [1.29, 1.82) is 0 Å². The van der Waals surface area contributed by atoms with Gasteiger partial charge in [0.25, 0.3) is 0 Å². The normalized spacial score (nSPS) is 19.6. The number of ketones is 3. The average Bonchev–Trinajstić information content (AvgIpc) is 3.22. The summed E-state index contributed by atoms with van der Waals surface area (Å²) in [5, 5.41) is 0. The fourth-order valence-electron chi connectivity index (χ4n) is 7.66. The predicted molar refractivity (Wildman–Crippen MR) is 185 cm³/mol. The van der Waals surface area contributed by atoms with Crippen molar-refractivity contribution < 1.29 is 18.8 Å². The molecule has 6 nitrogen and oxygen atoms in total. The number of hydrogen-bond acceptors (Lipinski definition) is 6. The molecule has 0 bridgehead atoms. The fraction of sp³-hybridized carbons (Fsp3) is 0.525. The molecule has 1 saturated heterocycles. The molecule has 3 atom stereocenters. The van der Waals surface area contributed by atoms with Crippen molar-refractivity contribution >= 4 is 23.0 Å². The van der Waals surface area contributed by atoms with Crippen LogP contribution in [0.5, 0.6) is 0 Å². The zero-order valence-electron chi connectivity index (χ0n) is 28.1. The van der Waals surface area contributed by atoms with Gasteiger partial charge in [-0.15, -0.1) is 0 Å². The number of rotatable bonds is 13. The molecule has 1 aromatic heterocycles. The van der Waals surface area contributed by atoms with Crippen LogP contribution in [0.1, 0.15) is 120 Å². The van der Waals surface area contributed by atoms with Crippen molar-refractivity contribution in [2.24, 2.45) is 17.6 Å². The van der Waals surface area contributed by atoms with E-state index in [1.165, 1.54) is 16.8 Å². The zero-order valence-corrected chi connectivity index (χ0v) is 28.1. The van der Waals surface area contributed by atoms with Gasteiger partial charge in [0.1, 0.15) is 11.5 Å². The molecule has 3 unspecified atom stereocenters. The van der Waals surface area contributed by atoms with Crippen LogP contribution < -0.4 is 10.6 Å². The van der Waals surface area contributed by atoms with Crippen LogP contribution in [0.3, 0.4) is 0 Å². The molecule has 6 heteroatoms. The maximum Gasteiger partial charge on any atom is 0.198 e. The van der Waals surface area contributed by atoms with Gasteiger partial charge in [0.05, 0.1) is 6.04 Å². The highest BCUT2D eigenvalue weighted by Crippen LogP contribution is 2.30. The number of hydrogen-bond donors (Lipinski definition) is 1. The second-order valence-corrected chi connectivity index (χ2v) is 14.0. The van der Waals surface area contributed by atoms with Crippen molar-refractivity contribution in [3.8, 4) is 0 Å². The van der Waals surface area contributed by atoms with E-state index in [1.807, 2.05) is 32.0 Å². The maximum atomic E-state index is 13.5. The number of carbonyl (C=O) groups excluding carboxylic acids is 3. The van der Waals surface area contributed by atoms with E-state index in [9.17, 15) is 14.4 Å². The third-order valence-corrected chi connectivity index (χ3v) is 10.3. The highest BCUT2D eigenvalue weighted by atomic mass is 16.3. The van der Waals surface area contributed by atoms with Crippen LogP contribution in [-0.2, 0) is 17.6 Å². The minimum atomic E-state index is -0.567. The molecule has 1 aliphatic heterocycles. The topological polar surface area (TPSA) is 93.6 Å². The lowest BCUT2D eigenvalue weighted by atomic mass is 9.84. The summed E-state index contributed by atoms with van der Waals surface area (Å²) in [6.07, 6.45) is 11.1. The summed E-state index contributed by atoms with van der Waals surface area (Å²) in [6, 6.07) is 16.0. The first-order valence-corrected chi connectivity index (χ1v) is 17.5. The van der Waals surface area contributed by atoms with Gasteiger partial charge in [-0.2, -0.15) is 0 Å². The minimum Gasteiger partial charge on any atom is -0.458 e. The Balaban J connectivity index is 1.27. The highest BCUT2D eigenvalue weighted by molar-refractivity contribution is 6.00. The molecule has 46 heavy (non-hydrogen) atoms. The Hall–Kier alpha value is -3.51. The van der Waals surface area contributed by atoms with Gasteiger partial charge in [-0.3, -0.25) is 14.4 Å². The molecule has 0 amide bonds. The summed E-state index contributed by atoms with van der Waals surface area (Å²) >= 11 is 0. The number of benzene rings is 2. The van der Waals surface area contributed by atoms with Crippen LogP contribution in [0.15, 0.2) is 52.9 Å². The highest BCUT2D eigenvalue weighted by Gasteiger charge is 2.24. The Bertz CT molecular complexity index is 1520. The predicted octanol–water partition coefficient (Wildman–Crippen LogP) is 8.31. The van der Waals surface area contributed by atoms with Gasteiger partial charge in [-0.05, 0) is 131 Å². The van der Waals surface area contributed by atoms with E-state index in [1.54, 1.807) is 0 Å². The molecule has 0 spiro atoms. The standard InChI is InChI=1S/C40H52N2O4/c1-27-9-4-5-15-37(27)42-21-8-12-31(20-22-42)24-32-16-17-34(26-33(32)18-19-38(44)40-28(2)23-29(3)46-40)39(45)36(41)14-7-11-30-10-6-13-35(43)25-30/h4-5,9,15-17,23,26,30-31,36H,6-8,10-14,18-22,24-25,41H2,1-3H3. The molecular formula is C40H52N2O4. The first kappa shape index (κ1) is 33.8. The molecule has 2 fully saturated rings. The molecule has 246 valence electrons. The van der Waals surface area contributed by atoms with E-state index in [0.29, 0.717) is 61.0 Å². The average molecular weight is 625 g/mol. The van der Waals surface area contributed by atoms with Crippen molar-refractivity contribution in [1.82, 2.24) is 0 Å². The monoisotopic (exact) mass is 624 g/mol. The molecule has 0 radical (unpaired) electrons. The summed E-state index contributed by atoms with van der Waals surface area (Å²) in [5.74, 6) is 2.47. The summed E-state index contributed by atoms with van der Waals surface area (Å²) < 4.78 is 5.72. The Morgan fingerprint density at radius 2 is 1.74 bits per heavy atom. The Morgan fingerprint density at radius 1 is 0.935 bits per heavy atom. The lowest BCUT2D eigenvalue weighted by molar-refractivity contribution is -0.121. The van der Waals surface area contributed by atoms with E-state index < -0.39 is 6.04 Å². The SMILES string of the molecule is Cc1cc(C)c(C(=O)CCc2cc(C(=O)C(N)CCCC3CCCC(=O)C3)ccc2CC2CCCN(c3ccccc3C)CC2)o1. The molecule has 2 heterocycles. The Kier molecular flexibility index (Phi) is 11.7. The number of nitrogens with zero attached hydrogens (tertiary/aromatic N) is 1. The molecule has 2 aliphatic rings. The molecule has 1 saturated carbocycles. The van der Waals surface area contributed by atoms with Gasteiger partial charge in [-0.25, -0.2) is 0 Å². The number of nitrogens with two attached hydrogens (primary N) is 1. The number of carbonyl (C=O) groups is 3. The summed E-state index contributed by atoms with van der Waals surface area (Å²) in [4.78, 5) is 41.1. The molecule has 2 N–H and O–H groups in total. The second-order valence-electron chi connectivity index (χ2n) is 14.0. The van der Waals surface area contributed by atoms with Crippen molar-refractivity contribution in [2.45, 2.75) is 110 Å². The van der Waals surface area contributed by atoms with E-state index in [4.69, 9.17) is 10.2 Å². The molecular weight excluding hydrogens is 572 g/mol. The van der Waals surface area contributed by atoms with Crippen LogP contribution >= 0.6 is 0 Å². The number of furan rings is 1. The van der Waals surface area contributed by atoms with Gasteiger partial charge >= 0.3 is 0 Å². The van der Waals surface area contributed by atoms with Gasteiger partial charge in [0.15, 0.2) is 17.3 Å². The number of anilines is 1. The largest absolute Gasteiger partial charge is 0.458 e. The van der Waals surface area contributed by atoms with Crippen molar-refractivity contribution in [2.75, 3.05) is 18.0 Å². The molecule has 3 aromatic rings. The lowest BCUT2D eigenvalue weighted by Crippen LogP contribution is -2.31. The molecule has 1 aliphatic carbocycles. The minimum absolute atomic E-state index is 0.00508. The number of Topliss-reactive ketones (excluding diaryl/α,β-unsaturated/α-hetero) is 3. The van der Waals surface area contributed by atoms with Gasteiger partial charge in [-0.1, -0.05) is 36.8 Å². The van der Waals surface area contributed by atoms with Crippen LogP contribution in [0.25, 0.3) is 0 Å². The summed E-state index contributed by atoms with van der Waals surface area (Å²) in [5.41, 5.74) is 12.9. The maximum absolute atomic E-state index is 13.5. The lowest BCUT2D eigenvalue weighted by Gasteiger charge is -2.25. The number of aryl methyl sites for hydroxylation is 4. The van der Waals surface area contributed by atoms with Gasteiger partial charge in [0.2, 0.25) is 0 Å². The fourth-order valence-corrected chi connectivity index (χ4v) is 7.66. The van der Waals surface area contributed by atoms with Crippen LogP contribution in [0.4, 0.5) is 5.69 Å². The summed E-state index contributed by atoms with van der Waals surface area (Å²) in [6.45, 7) is 8.05. The first-order valence-electron chi connectivity index (χ1n) is 17.5. The zero-order chi connectivity index (χ0) is 32.6. The Morgan fingerprint density at radius 3 is 2.50 bits per heavy atom. The van der Waals surface area contributed by atoms with Gasteiger partial charge < -0.3 is 15.1 Å². The van der Waals surface area contributed by atoms with Crippen LogP contribution in [0, 0.1) is 32.6 Å².